The zero-order chi connectivity index (χ0) is 16.9. The highest BCUT2D eigenvalue weighted by molar-refractivity contribution is 9.10. The van der Waals surface area contributed by atoms with Gasteiger partial charge in [0.2, 0.25) is 0 Å². The van der Waals surface area contributed by atoms with Crippen LogP contribution in [0.5, 0.6) is 0 Å². The molecule has 0 aliphatic heterocycles. The summed E-state index contributed by atoms with van der Waals surface area (Å²) in [6.45, 7) is 1.91. The highest BCUT2D eigenvalue weighted by atomic mass is 79.9. The van der Waals surface area contributed by atoms with Crippen molar-refractivity contribution in [1.82, 2.24) is 20.0 Å². The first-order chi connectivity index (χ1) is 11.6. The van der Waals surface area contributed by atoms with Crippen molar-refractivity contribution in [2.45, 2.75) is 6.92 Å². The summed E-state index contributed by atoms with van der Waals surface area (Å²) >= 11 is 3.36. The largest absolute Gasteiger partial charge is 0.291 e. The third-order valence-corrected chi connectivity index (χ3v) is 3.73. The van der Waals surface area contributed by atoms with E-state index in [2.05, 4.69) is 36.4 Å². The van der Waals surface area contributed by atoms with E-state index < -0.39 is 0 Å². The van der Waals surface area contributed by atoms with Crippen LogP contribution in [-0.4, -0.2) is 26.7 Å². The molecule has 0 aliphatic rings. The molecule has 0 atom stereocenters. The van der Waals surface area contributed by atoms with Crippen LogP contribution in [0.3, 0.4) is 0 Å². The number of rotatable bonds is 4. The fraction of sp³-hybridized carbons (Fsp3) is 0.0588. The lowest BCUT2D eigenvalue weighted by molar-refractivity contribution is 0.0950. The number of amides is 1. The fourth-order valence-electron chi connectivity index (χ4n) is 2.01. The summed E-state index contributed by atoms with van der Waals surface area (Å²) in [5.41, 5.74) is 4.51. The maximum atomic E-state index is 12.1. The lowest BCUT2D eigenvalue weighted by atomic mass is 10.2. The molecule has 2 heterocycles. The molecule has 1 N–H and O–H groups in total. The minimum absolute atomic E-state index is 0.270. The maximum absolute atomic E-state index is 12.1. The minimum Gasteiger partial charge on any atom is -0.290 e. The Bertz CT molecular complexity index is 886. The van der Waals surface area contributed by atoms with Crippen LogP contribution in [0.15, 0.2) is 64.6 Å². The Kier molecular flexibility index (Phi) is 4.81. The molecule has 7 heteroatoms. The SMILES string of the molecule is Cc1cccc(-n2cnc(C(=O)N/N=C/c3ccc(Br)cc3)c2)n1. The van der Waals surface area contributed by atoms with E-state index >= 15 is 0 Å². The summed E-state index contributed by atoms with van der Waals surface area (Å²) in [4.78, 5) is 20.5. The molecule has 0 saturated carbocycles. The number of hydrogen-bond donors (Lipinski definition) is 1. The van der Waals surface area contributed by atoms with Gasteiger partial charge in [-0.3, -0.25) is 9.36 Å². The standard InChI is InChI=1S/C17H14BrN5O/c1-12-3-2-4-16(21-12)23-10-15(19-11-23)17(24)22-20-9-13-5-7-14(18)8-6-13/h2-11H,1H3,(H,22,24)/b20-9+. The van der Waals surface area contributed by atoms with Crippen LogP contribution < -0.4 is 5.43 Å². The molecule has 1 amide bonds. The van der Waals surface area contributed by atoms with Crippen LogP contribution in [0.4, 0.5) is 0 Å². The number of nitrogens with zero attached hydrogens (tertiary/aromatic N) is 4. The van der Waals surface area contributed by atoms with Gasteiger partial charge in [-0.25, -0.2) is 15.4 Å². The zero-order valence-electron chi connectivity index (χ0n) is 12.8. The van der Waals surface area contributed by atoms with E-state index in [-0.39, 0.29) is 11.6 Å². The normalized spacial score (nSPS) is 10.9. The number of carbonyl (C=O) groups is 1. The van der Waals surface area contributed by atoms with Crippen molar-refractivity contribution < 1.29 is 4.79 Å². The number of hydrogen-bond acceptors (Lipinski definition) is 4. The van der Waals surface area contributed by atoms with E-state index in [1.54, 1.807) is 23.3 Å². The van der Waals surface area contributed by atoms with Gasteiger partial charge in [0.1, 0.15) is 17.8 Å². The average Bonchev–Trinajstić information content (AvgIpc) is 3.07. The first-order valence-corrected chi connectivity index (χ1v) is 7.98. The van der Waals surface area contributed by atoms with E-state index in [0.717, 1.165) is 15.7 Å². The summed E-state index contributed by atoms with van der Waals surface area (Å²) < 4.78 is 2.68. The van der Waals surface area contributed by atoms with E-state index in [1.807, 2.05) is 49.4 Å². The van der Waals surface area contributed by atoms with Gasteiger partial charge in [0, 0.05) is 16.4 Å². The number of carbonyl (C=O) groups excluding carboxylic acids is 1. The maximum Gasteiger partial charge on any atom is 0.291 e. The topological polar surface area (TPSA) is 72.2 Å². The van der Waals surface area contributed by atoms with Gasteiger partial charge in [-0.15, -0.1) is 0 Å². The smallest absolute Gasteiger partial charge is 0.290 e. The van der Waals surface area contributed by atoms with Crippen LogP contribution in [0.25, 0.3) is 5.82 Å². The molecule has 0 aliphatic carbocycles. The number of pyridine rings is 1. The molecular formula is C17H14BrN5O. The number of nitrogens with one attached hydrogen (secondary N) is 1. The van der Waals surface area contributed by atoms with Gasteiger partial charge in [0.15, 0.2) is 0 Å². The predicted molar refractivity (Wildman–Crippen MR) is 95.3 cm³/mol. The van der Waals surface area contributed by atoms with E-state index in [4.69, 9.17) is 0 Å². The molecule has 6 nitrogen and oxygen atoms in total. The van der Waals surface area contributed by atoms with Crippen LogP contribution in [-0.2, 0) is 0 Å². The molecule has 0 spiro atoms. The minimum atomic E-state index is -0.380. The van der Waals surface area contributed by atoms with Crippen molar-refractivity contribution in [3.05, 3.63) is 76.4 Å². The summed E-state index contributed by atoms with van der Waals surface area (Å²) in [7, 11) is 0. The second kappa shape index (κ2) is 7.18. The van der Waals surface area contributed by atoms with Gasteiger partial charge in [0.05, 0.1) is 6.21 Å². The predicted octanol–water partition coefficient (Wildman–Crippen LogP) is 3.10. The Hall–Kier alpha value is -2.80. The molecule has 24 heavy (non-hydrogen) atoms. The summed E-state index contributed by atoms with van der Waals surface area (Å²) in [6.07, 6.45) is 4.74. The molecule has 3 rings (SSSR count). The lowest BCUT2D eigenvalue weighted by Gasteiger charge is -2.01. The van der Waals surface area contributed by atoms with Gasteiger partial charge >= 0.3 is 0 Å². The van der Waals surface area contributed by atoms with Crippen molar-refractivity contribution in [3.63, 3.8) is 0 Å². The quantitative estimate of drug-likeness (QED) is 0.555. The molecule has 0 bridgehead atoms. The Morgan fingerprint density at radius 1 is 1.25 bits per heavy atom. The summed E-state index contributed by atoms with van der Waals surface area (Å²) in [5.74, 6) is 0.328. The fourth-order valence-corrected chi connectivity index (χ4v) is 2.27. The van der Waals surface area contributed by atoms with Crippen molar-refractivity contribution in [2.75, 3.05) is 0 Å². The van der Waals surface area contributed by atoms with Gasteiger partial charge in [-0.2, -0.15) is 5.10 Å². The van der Waals surface area contributed by atoms with Crippen molar-refractivity contribution in [2.24, 2.45) is 5.10 Å². The lowest BCUT2D eigenvalue weighted by Crippen LogP contribution is -2.18. The molecule has 1 aromatic carbocycles. The van der Waals surface area contributed by atoms with Crippen molar-refractivity contribution in [1.29, 1.82) is 0 Å². The Morgan fingerprint density at radius 3 is 2.79 bits per heavy atom. The number of hydrazone groups is 1. The molecule has 120 valence electrons. The number of aromatic nitrogens is 3. The van der Waals surface area contributed by atoms with Crippen LogP contribution >= 0.6 is 15.9 Å². The molecule has 0 fully saturated rings. The van der Waals surface area contributed by atoms with Gasteiger partial charge < -0.3 is 0 Å². The second-order valence-electron chi connectivity index (χ2n) is 5.05. The highest BCUT2D eigenvalue weighted by Gasteiger charge is 2.09. The monoisotopic (exact) mass is 383 g/mol. The van der Waals surface area contributed by atoms with E-state index in [1.165, 1.54) is 0 Å². The molecule has 3 aromatic rings. The van der Waals surface area contributed by atoms with E-state index in [9.17, 15) is 4.79 Å². The van der Waals surface area contributed by atoms with Crippen LogP contribution in [0.1, 0.15) is 21.7 Å². The first kappa shape index (κ1) is 16.1. The Morgan fingerprint density at radius 2 is 2.04 bits per heavy atom. The molecular weight excluding hydrogens is 370 g/mol. The van der Waals surface area contributed by atoms with Gasteiger partial charge in [-0.1, -0.05) is 34.1 Å². The summed E-state index contributed by atoms with van der Waals surface area (Å²) in [5, 5.41) is 3.94. The average molecular weight is 384 g/mol. The Balaban J connectivity index is 1.66. The van der Waals surface area contributed by atoms with Gasteiger partial charge in [-0.05, 0) is 36.8 Å². The number of imidazole rings is 1. The Labute approximate surface area is 147 Å². The number of halogens is 1. The molecule has 2 aromatic heterocycles. The number of benzene rings is 1. The van der Waals surface area contributed by atoms with Crippen molar-refractivity contribution >= 4 is 28.1 Å². The van der Waals surface area contributed by atoms with Crippen LogP contribution in [0, 0.1) is 6.92 Å². The third-order valence-electron chi connectivity index (χ3n) is 3.20. The first-order valence-electron chi connectivity index (χ1n) is 7.19. The summed E-state index contributed by atoms with van der Waals surface area (Å²) in [6, 6.07) is 13.2. The van der Waals surface area contributed by atoms with Crippen LogP contribution in [0.2, 0.25) is 0 Å². The van der Waals surface area contributed by atoms with Crippen molar-refractivity contribution in [3.8, 4) is 5.82 Å². The highest BCUT2D eigenvalue weighted by Crippen LogP contribution is 2.09. The third kappa shape index (κ3) is 3.94. The molecule has 0 saturated heterocycles. The van der Waals surface area contributed by atoms with Gasteiger partial charge in [0.25, 0.3) is 5.91 Å². The molecule has 0 unspecified atom stereocenters. The number of aryl methyl sites for hydroxylation is 1. The second-order valence-corrected chi connectivity index (χ2v) is 5.97. The zero-order valence-corrected chi connectivity index (χ0v) is 14.4. The van der Waals surface area contributed by atoms with E-state index in [0.29, 0.717) is 5.82 Å². The molecule has 0 radical (unpaired) electrons.